The summed E-state index contributed by atoms with van der Waals surface area (Å²) in [5.41, 5.74) is 10.2. The zero-order chi connectivity index (χ0) is 18.1. The van der Waals surface area contributed by atoms with Crippen LogP contribution < -0.4 is 10.5 Å². The fourth-order valence-electron chi connectivity index (χ4n) is 2.83. The molecule has 0 radical (unpaired) electrons. The molecule has 2 N–H and O–H groups in total. The second kappa shape index (κ2) is 6.72. The topological polar surface area (TPSA) is 73.9 Å². The third-order valence-electron chi connectivity index (χ3n) is 4.11. The number of benzene rings is 2. The summed E-state index contributed by atoms with van der Waals surface area (Å²) in [6.45, 7) is 0. The second-order valence-corrected chi connectivity index (χ2v) is 6.68. The Balaban J connectivity index is 1.97. The lowest BCUT2D eigenvalue weighted by atomic mass is 10.0. The van der Waals surface area contributed by atoms with Gasteiger partial charge in [0.15, 0.2) is 5.65 Å². The summed E-state index contributed by atoms with van der Waals surface area (Å²) in [5, 5.41) is 0.856. The van der Waals surface area contributed by atoms with Gasteiger partial charge in [-0.25, -0.2) is 9.97 Å². The van der Waals surface area contributed by atoms with E-state index in [4.69, 9.17) is 10.5 Å². The van der Waals surface area contributed by atoms with Crippen molar-refractivity contribution < 1.29 is 4.74 Å². The number of nitrogens with two attached hydrogens (primary N) is 1. The highest BCUT2D eigenvalue weighted by Crippen LogP contribution is 2.33. The number of pyridine rings is 1. The number of hydrogen-bond donors (Lipinski definition) is 1. The van der Waals surface area contributed by atoms with E-state index in [9.17, 15) is 0 Å². The molecule has 128 valence electrons. The summed E-state index contributed by atoms with van der Waals surface area (Å²) in [4.78, 5) is 13.1. The van der Waals surface area contributed by atoms with Crippen molar-refractivity contribution in [3.8, 4) is 28.1 Å². The van der Waals surface area contributed by atoms with Crippen molar-refractivity contribution >= 4 is 32.9 Å². The van der Waals surface area contributed by atoms with Crippen LogP contribution in [0.2, 0.25) is 0 Å². The minimum absolute atomic E-state index is 0.206. The second-order valence-electron chi connectivity index (χ2n) is 5.76. The van der Waals surface area contributed by atoms with Crippen molar-refractivity contribution in [3.05, 3.63) is 65.3 Å². The maximum Gasteiger partial charge on any atom is 0.222 e. The molecule has 0 atom stereocenters. The predicted octanol–water partition coefficient (Wildman–Crippen LogP) is 4.71. The monoisotopic (exact) mass is 406 g/mol. The van der Waals surface area contributed by atoms with E-state index >= 15 is 0 Å². The first-order valence-electron chi connectivity index (χ1n) is 7.98. The van der Waals surface area contributed by atoms with Gasteiger partial charge < -0.3 is 10.5 Å². The van der Waals surface area contributed by atoms with Crippen molar-refractivity contribution in [1.82, 2.24) is 15.0 Å². The number of aromatic nitrogens is 3. The van der Waals surface area contributed by atoms with E-state index in [1.807, 2.05) is 48.5 Å². The molecule has 0 bridgehead atoms. The van der Waals surface area contributed by atoms with E-state index in [2.05, 4.69) is 36.9 Å². The molecule has 6 heteroatoms. The van der Waals surface area contributed by atoms with E-state index in [0.717, 1.165) is 38.0 Å². The zero-order valence-corrected chi connectivity index (χ0v) is 15.6. The molecule has 0 saturated carbocycles. The minimum Gasteiger partial charge on any atom is -0.497 e. The summed E-state index contributed by atoms with van der Waals surface area (Å²) in [7, 11) is 1.65. The minimum atomic E-state index is 0.206. The van der Waals surface area contributed by atoms with Gasteiger partial charge in [0, 0.05) is 21.6 Å². The number of nitrogen functional groups attached to an aromatic ring is 1. The Bertz CT molecular complexity index is 1100. The number of hydrogen-bond acceptors (Lipinski definition) is 5. The van der Waals surface area contributed by atoms with Gasteiger partial charge in [-0.3, -0.25) is 0 Å². The number of methoxy groups -OCH3 is 1. The Morgan fingerprint density at radius 1 is 0.962 bits per heavy atom. The lowest BCUT2D eigenvalue weighted by Gasteiger charge is -2.10. The van der Waals surface area contributed by atoms with Crippen LogP contribution in [0.25, 0.3) is 33.4 Å². The molecule has 2 aromatic carbocycles. The average Bonchev–Trinajstić information content (AvgIpc) is 2.67. The van der Waals surface area contributed by atoms with Crippen LogP contribution in [0, 0.1) is 0 Å². The Hall–Kier alpha value is -2.99. The number of halogens is 1. The Morgan fingerprint density at radius 2 is 1.77 bits per heavy atom. The van der Waals surface area contributed by atoms with Crippen molar-refractivity contribution in [2.75, 3.05) is 12.8 Å². The van der Waals surface area contributed by atoms with Gasteiger partial charge in [-0.1, -0.05) is 28.1 Å². The quantitative estimate of drug-likeness (QED) is 0.532. The molecule has 4 aromatic rings. The normalized spacial score (nSPS) is 10.8. The molecule has 0 aliphatic rings. The smallest absolute Gasteiger partial charge is 0.222 e. The number of anilines is 1. The summed E-state index contributed by atoms with van der Waals surface area (Å²) >= 11 is 3.53. The van der Waals surface area contributed by atoms with E-state index in [0.29, 0.717) is 5.65 Å². The maximum absolute atomic E-state index is 5.78. The Morgan fingerprint density at radius 3 is 2.50 bits per heavy atom. The lowest BCUT2D eigenvalue weighted by molar-refractivity contribution is 0.415. The van der Waals surface area contributed by atoms with Crippen LogP contribution in [0.5, 0.6) is 5.75 Å². The number of nitrogens with zero attached hydrogens (tertiary/aromatic N) is 3. The van der Waals surface area contributed by atoms with Gasteiger partial charge in [0.2, 0.25) is 5.95 Å². The van der Waals surface area contributed by atoms with Crippen molar-refractivity contribution in [2.24, 2.45) is 0 Å². The highest BCUT2D eigenvalue weighted by Gasteiger charge is 2.12. The van der Waals surface area contributed by atoms with Gasteiger partial charge in [0.25, 0.3) is 0 Å². The van der Waals surface area contributed by atoms with Crippen molar-refractivity contribution in [2.45, 2.75) is 0 Å². The molecule has 5 nitrogen and oxygen atoms in total. The zero-order valence-electron chi connectivity index (χ0n) is 14.0. The number of rotatable bonds is 3. The fraction of sp³-hybridized carbons (Fsp3) is 0.0500. The molecular formula is C20H15BrN4O. The van der Waals surface area contributed by atoms with Crippen LogP contribution in [-0.2, 0) is 0 Å². The van der Waals surface area contributed by atoms with E-state index in [-0.39, 0.29) is 5.95 Å². The fourth-order valence-corrected chi connectivity index (χ4v) is 3.23. The van der Waals surface area contributed by atoms with E-state index in [1.54, 1.807) is 13.3 Å². The summed E-state index contributed by atoms with van der Waals surface area (Å²) in [6.07, 6.45) is 1.72. The Kier molecular flexibility index (Phi) is 4.26. The molecule has 0 fully saturated rings. The molecule has 2 heterocycles. The molecule has 0 unspecified atom stereocenters. The van der Waals surface area contributed by atoms with Gasteiger partial charge in [0.05, 0.1) is 12.8 Å². The number of fused-ring (bicyclic) bond motifs is 1. The number of ether oxygens (including phenoxy) is 1. The average molecular weight is 407 g/mol. The van der Waals surface area contributed by atoms with Gasteiger partial charge in [-0.2, -0.15) is 4.98 Å². The molecule has 2 aromatic heterocycles. The third-order valence-corrected chi connectivity index (χ3v) is 4.60. The summed E-state index contributed by atoms with van der Waals surface area (Å²) in [5.74, 6) is 1.00. The first-order valence-corrected chi connectivity index (χ1v) is 8.77. The third kappa shape index (κ3) is 3.11. The van der Waals surface area contributed by atoms with Gasteiger partial charge >= 0.3 is 0 Å². The molecule has 0 spiro atoms. The van der Waals surface area contributed by atoms with Crippen LogP contribution in [-0.4, -0.2) is 22.1 Å². The van der Waals surface area contributed by atoms with Crippen LogP contribution in [0.1, 0.15) is 0 Å². The van der Waals surface area contributed by atoms with Crippen LogP contribution in [0.4, 0.5) is 5.95 Å². The highest BCUT2D eigenvalue weighted by molar-refractivity contribution is 9.10. The van der Waals surface area contributed by atoms with Crippen LogP contribution in [0.3, 0.4) is 0 Å². The lowest BCUT2D eigenvalue weighted by Crippen LogP contribution is -1.98. The first kappa shape index (κ1) is 16.5. The first-order chi connectivity index (χ1) is 12.6. The van der Waals surface area contributed by atoms with E-state index < -0.39 is 0 Å². The molecular weight excluding hydrogens is 392 g/mol. The maximum atomic E-state index is 5.78. The highest BCUT2D eigenvalue weighted by atomic mass is 79.9. The summed E-state index contributed by atoms with van der Waals surface area (Å²) < 4.78 is 6.24. The predicted molar refractivity (Wildman–Crippen MR) is 107 cm³/mol. The van der Waals surface area contributed by atoms with Crippen molar-refractivity contribution in [3.63, 3.8) is 0 Å². The van der Waals surface area contributed by atoms with E-state index in [1.165, 1.54) is 0 Å². The molecule has 0 amide bonds. The standard InChI is InChI=1S/C20H15BrN4O/c1-26-15-7-5-12(6-8-15)18-10-16(13-3-2-4-14(21)9-13)17-11-23-20(22)25-19(17)24-18/h2-11H,1H3,(H2,22,23,24,25). The summed E-state index contributed by atoms with van der Waals surface area (Å²) in [6, 6.07) is 17.9. The Labute approximate surface area is 159 Å². The van der Waals surface area contributed by atoms with Gasteiger partial charge in [-0.15, -0.1) is 0 Å². The SMILES string of the molecule is COc1ccc(-c2cc(-c3cccc(Br)c3)c3cnc(N)nc3n2)cc1. The van der Waals surface area contributed by atoms with Crippen molar-refractivity contribution in [1.29, 1.82) is 0 Å². The van der Waals surface area contributed by atoms with Crippen LogP contribution in [0.15, 0.2) is 65.3 Å². The van der Waals surface area contributed by atoms with Gasteiger partial charge in [-0.05, 0) is 53.6 Å². The molecule has 0 aliphatic carbocycles. The largest absolute Gasteiger partial charge is 0.497 e. The molecule has 0 saturated heterocycles. The molecule has 0 aliphatic heterocycles. The molecule has 4 rings (SSSR count). The van der Waals surface area contributed by atoms with Gasteiger partial charge in [0.1, 0.15) is 5.75 Å². The molecule has 26 heavy (non-hydrogen) atoms. The van der Waals surface area contributed by atoms with Crippen LogP contribution >= 0.6 is 15.9 Å².